The van der Waals surface area contributed by atoms with Gasteiger partial charge in [0.1, 0.15) is 17.1 Å². The van der Waals surface area contributed by atoms with Gasteiger partial charge in [0.2, 0.25) is 0 Å². The molecule has 0 spiro atoms. The van der Waals surface area contributed by atoms with E-state index in [1.807, 2.05) is 0 Å². The second-order valence-corrected chi connectivity index (χ2v) is 8.53. The monoisotopic (exact) mass is 459 g/mol. The fourth-order valence-electron chi connectivity index (χ4n) is 4.78. The summed E-state index contributed by atoms with van der Waals surface area (Å²) >= 11 is 0. The molecule has 3 rings (SSSR count). The maximum Gasteiger partial charge on any atom is 0.141 e. The minimum atomic E-state index is 1.02. The van der Waals surface area contributed by atoms with Gasteiger partial charge in [-0.15, -0.1) is 0 Å². The summed E-state index contributed by atoms with van der Waals surface area (Å²) in [5.41, 5.74) is 7.59. The number of nitrogens with one attached hydrogen (secondary N) is 1. The highest BCUT2D eigenvalue weighted by atomic mass is 15.2. The maximum absolute atomic E-state index is 2.39. The molecule has 1 N–H and O–H groups in total. The molecule has 34 heavy (non-hydrogen) atoms. The Kier molecular flexibility index (Phi) is 9.41. The first-order valence-electron chi connectivity index (χ1n) is 13.0. The highest BCUT2D eigenvalue weighted by Gasteiger charge is 2.20. The zero-order valence-corrected chi connectivity index (χ0v) is 22.0. The van der Waals surface area contributed by atoms with Crippen molar-refractivity contribution in [3.63, 3.8) is 0 Å². The van der Waals surface area contributed by atoms with E-state index in [1.165, 1.54) is 39.0 Å². The average Bonchev–Trinajstić information content (AvgIpc) is 2.89. The van der Waals surface area contributed by atoms with E-state index in [1.54, 1.807) is 0 Å². The molecule has 0 saturated carbocycles. The van der Waals surface area contributed by atoms with Crippen LogP contribution < -0.4 is 19.6 Å². The van der Waals surface area contributed by atoms with Crippen LogP contribution in [0.1, 0.15) is 41.5 Å². The lowest BCUT2D eigenvalue weighted by Crippen LogP contribution is -2.96. The van der Waals surface area contributed by atoms with Gasteiger partial charge in [0.05, 0.1) is 0 Å². The molecule has 0 heterocycles. The fraction of sp³-hybridized carbons (Fsp3) is 0.400. The third-order valence-corrected chi connectivity index (χ3v) is 6.85. The van der Waals surface area contributed by atoms with Gasteiger partial charge in [-0.05, 0) is 77.9 Å². The van der Waals surface area contributed by atoms with Crippen LogP contribution in [-0.4, -0.2) is 39.3 Å². The van der Waals surface area contributed by atoms with Gasteiger partial charge in [-0.25, -0.2) is 4.90 Å². The molecule has 0 saturated heterocycles. The van der Waals surface area contributed by atoms with Crippen LogP contribution in [0.5, 0.6) is 0 Å². The van der Waals surface area contributed by atoms with E-state index >= 15 is 0 Å². The fourth-order valence-corrected chi connectivity index (χ4v) is 4.78. The molecular weight excluding hydrogens is 416 g/mol. The van der Waals surface area contributed by atoms with Crippen LogP contribution in [0.2, 0.25) is 0 Å². The van der Waals surface area contributed by atoms with E-state index in [0.29, 0.717) is 0 Å². The molecule has 3 aromatic rings. The molecule has 0 amide bonds. The van der Waals surface area contributed by atoms with Crippen molar-refractivity contribution in [1.82, 2.24) is 0 Å². The van der Waals surface area contributed by atoms with Crippen LogP contribution in [0, 0.1) is 0 Å². The Balaban J connectivity index is 2.01. The lowest BCUT2D eigenvalue weighted by Gasteiger charge is -2.25. The molecule has 0 aliphatic heterocycles. The van der Waals surface area contributed by atoms with Gasteiger partial charge in [-0.3, -0.25) is 0 Å². The Labute approximate surface area is 207 Å². The first kappa shape index (κ1) is 25.6. The summed E-state index contributed by atoms with van der Waals surface area (Å²) in [6.45, 7) is 19.4. The van der Waals surface area contributed by atoms with E-state index in [9.17, 15) is 0 Å². The summed E-state index contributed by atoms with van der Waals surface area (Å²) in [6.07, 6.45) is 0. The summed E-state index contributed by atoms with van der Waals surface area (Å²) in [5.74, 6) is 0. The molecule has 0 atom stereocenters. The van der Waals surface area contributed by atoms with Crippen molar-refractivity contribution >= 4 is 34.1 Å². The second kappa shape index (κ2) is 12.5. The number of quaternary nitrogens is 1. The number of benzene rings is 3. The number of hydrogen-bond acceptors (Lipinski definition) is 3. The minimum Gasteiger partial charge on any atom is -0.372 e. The topological polar surface area (TPSA) is 14.2 Å². The van der Waals surface area contributed by atoms with E-state index in [4.69, 9.17) is 0 Å². The van der Waals surface area contributed by atoms with Gasteiger partial charge in [0.25, 0.3) is 0 Å². The highest BCUT2D eigenvalue weighted by molar-refractivity contribution is 5.58. The van der Waals surface area contributed by atoms with E-state index < -0.39 is 0 Å². The van der Waals surface area contributed by atoms with Crippen molar-refractivity contribution in [3.8, 4) is 0 Å². The van der Waals surface area contributed by atoms with Crippen LogP contribution in [-0.2, 0) is 0 Å². The Hall–Kier alpha value is -2.98. The van der Waals surface area contributed by atoms with Crippen molar-refractivity contribution in [2.45, 2.75) is 41.5 Å². The smallest absolute Gasteiger partial charge is 0.141 e. The Morgan fingerprint density at radius 1 is 0.382 bits per heavy atom. The van der Waals surface area contributed by atoms with Gasteiger partial charge in [0.15, 0.2) is 0 Å². The summed E-state index contributed by atoms with van der Waals surface area (Å²) in [4.78, 5) is 8.45. The van der Waals surface area contributed by atoms with E-state index in [2.05, 4.69) is 129 Å². The number of rotatable bonds is 12. The third kappa shape index (κ3) is 5.74. The van der Waals surface area contributed by atoms with Gasteiger partial charge in [-0.1, -0.05) is 0 Å². The normalized spacial score (nSPS) is 11.0. The number of nitrogens with zero attached hydrogens (tertiary/aromatic N) is 3. The van der Waals surface area contributed by atoms with E-state index in [0.717, 1.165) is 39.3 Å². The van der Waals surface area contributed by atoms with Crippen LogP contribution in [0.4, 0.5) is 34.1 Å². The zero-order chi connectivity index (χ0) is 24.5. The molecule has 0 aliphatic carbocycles. The summed E-state index contributed by atoms with van der Waals surface area (Å²) in [6, 6.07) is 27.2. The standard InChI is InChI=1S/C30H42N4/c1-7-31(8-2)25-13-19-28(20-14-25)34(29-21-15-26(16-22-29)32(9-3)10-4)30-23-17-27(18-24-30)33(11-5)12-6/h13-24H,7-12H2,1-6H3/p+1. The molecule has 4 heteroatoms. The van der Waals surface area contributed by atoms with Crippen LogP contribution in [0.15, 0.2) is 72.8 Å². The third-order valence-electron chi connectivity index (χ3n) is 6.85. The van der Waals surface area contributed by atoms with Gasteiger partial charge in [0, 0.05) is 92.7 Å². The van der Waals surface area contributed by atoms with Crippen molar-refractivity contribution in [1.29, 1.82) is 0 Å². The predicted molar refractivity (Wildman–Crippen MR) is 150 cm³/mol. The van der Waals surface area contributed by atoms with Crippen molar-refractivity contribution in [3.05, 3.63) is 72.8 Å². The van der Waals surface area contributed by atoms with Crippen molar-refractivity contribution in [2.75, 3.05) is 54.0 Å². The van der Waals surface area contributed by atoms with Crippen molar-refractivity contribution < 1.29 is 4.90 Å². The summed E-state index contributed by atoms with van der Waals surface area (Å²) < 4.78 is 0. The van der Waals surface area contributed by atoms with Gasteiger partial charge >= 0.3 is 0 Å². The van der Waals surface area contributed by atoms with Crippen LogP contribution in [0.3, 0.4) is 0 Å². The Bertz CT molecular complexity index is 836. The molecule has 0 aromatic heterocycles. The minimum absolute atomic E-state index is 1.02. The molecule has 0 radical (unpaired) electrons. The van der Waals surface area contributed by atoms with Crippen molar-refractivity contribution in [2.24, 2.45) is 0 Å². The SMILES string of the molecule is CCN(CC)c1ccc([NH+](c2ccc(N(CC)CC)cc2)c2ccc(N(CC)CC)cc2)cc1. The molecule has 182 valence electrons. The molecule has 4 nitrogen and oxygen atoms in total. The highest BCUT2D eigenvalue weighted by Crippen LogP contribution is 2.24. The lowest BCUT2D eigenvalue weighted by atomic mass is 10.1. The predicted octanol–water partition coefficient (Wildman–Crippen LogP) is 6.41. The van der Waals surface area contributed by atoms with Crippen LogP contribution in [0.25, 0.3) is 0 Å². The van der Waals surface area contributed by atoms with E-state index in [-0.39, 0.29) is 0 Å². The summed E-state index contributed by atoms with van der Waals surface area (Å²) in [5, 5.41) is 0. The maximum atomic E-state index is 2.39. The first-order chi connectivity index (χ1) is 16.6. The molecule has 0 aliphatic rings. The van der Waals surface area contributed by atoms with Gasteiger partial charge < -0.3 is 14.7 Å². The van der Waals surface area contributed by atoms with Crippen LogP contribution >= 0.6 is 0 Å². The zero-order valence-electron chi connectivity index (χ0n) is 22.0. The average molecular weight is 460 g/mol. The molecule has 0 bridgehead atoms. The molecule has 3 aromatic carbocycles. The summed E-state index contributed by atoms with van der Waals surface area (Å²) in [7, 11) is 0. The lowest BCUT2D eigenvalue weighted by molar-refractivity contribution is -0.681. The molecule has 0 unspecified atom stereocenters. The quantitative estimate of drug-likeness (QED) is 0.337. The molecule has 0 fully saturated rings. The Morgan fingerprint density at radius 3 is 0.765 bits per heavy atom. The second-order valence-electron chi connectivity index (χ2n) is 8.53. The largest absolute Gasteiger partial charge is 0.372 e. The molecular formula is C30H43N4+. The van der Waals surface area contributed by atoms with Gasteiger partial charge in [-0.2, -0.15) is 0 Å². The first-order valence-corrected chi connectivity index (χ1v) is 13.0. The number of anilines is 3. The Morgan fingerprint density at radius 2 is 0.588 bits per heavy atom. The number of hydrogen-bond donors (Lipinski definition) is 1.